The van der Waals surface area contributed by atoms with Gasteiger partial charge >= 0.3 is 0 Å². The zero-order valence-corrected chi connectivity index (χ0v) is 22.1. The molecule has 5 rings (SSSR count). The average Bonchev–Trinajstić information content (AvgIpc) is 2.95. The molecule has 1 atom stereocenters. The largest absolute Gasteiger partial charge is 0.303 e. The minimum atomic E-state index is -0.162. The maximum absolute atomic E-state index is 13.5. The molecule has 1 saturated heterocycles. The van der Waals surface area contributed by atoms with Gasteiger partial charge in [-0.1, -0.05) is 91.4 Å². The molecule has 0 N–H and O–H groups in total. The molecule has 2 heterocycles. The summed E-state index contributed by atoms with van der Waals surface area (Å²) in [6.07, 6.45) is 8.02. The van der Waals surface area contributed by atoms with E-state index in [1.807, 2.05) is 12.1 Å². The summed E-state index contributed by atoms with van der Waals surface area (Å²) in [5.74, 6) is -0.162. The molecule has 37 heavy (non-hydrogen) atoms. The lowest BCUT2D eigenvalue weighted by molar-refractivity contribution is 0.169. The third-order valence-electron chi connectivity index (χ3n) is 7.99. The van der Waals surface area contributed by atoms with Crippen LogP contribution in [0.2, 0.25) is 0 Å². The highest BCUT2D eigenvalue weighted by Gasteiger charge is 2.25. The minimum absolute atomic E-state index is 0.162. The Morgan fingerprint density at radius 2 is 1.43 bits per heavy atom. The number of likely N-dealkylation sites (tertiary alicyclic amines) is 1. The van der Waals surface area contributed by atoms with E-state index in [0.29, 0.717) is 6.04 Å². The molecule has 0 bridgehead atoms. The van der Waals surface area contributed by atoms with E-state index in [-0.39, 0.29) is 5.82 Å². The van der Waals surface area contributed by atoms with Crippen LogP contribution in [0.3, 0.4) is 0 Å². The van der Waals surface area contributed by atoms with E-state index in [1.54, 1.807) is 17.7 Å². The van der Waals surface area contributed by atoms with Crippen LogP contribution in [0.5, 0.6) is 0 Å². The first-order chi connectivity index (χ1) is 18.2. The molecule has 3 aromatic rings. The monoisotopic (exact) mass is 494 g/mol. The second-order valence-corrected chi connectivity index (χ2v) is 10.4. The van der Waals surface area contributed by atoms with Crippen molar-refractivity contribution in [2.45, 2.75) is 45.1 Å². The summed E-state index contributed by atoms with van der Waals surface area (Å²) >= 11 is 0. The highest BCUT2D eigenvalue weighted by atomic mass is 19.1. The lowest BCUT2D eigenvalue weighted by Crippen LogP contribution is -2.42. The van der Waals surface area contributed by atoms with E-state index in [9.17, 15) is 4.39 Å². The van der Waals surface area contributed by atoms with Crippen molar-refractivity contribution in [2.24, 2.45) is 0 Å². The number of hydrogen-bond donors (Lipinski definition) is 0. The van der Waals surface area contributed by atoms with Crippen LogP contribution in [0.4, 0.5) is 4.39 Å². The Labute approximate surface area is 222 Å². The molecule has 192 valence electrons. The van der Waals surface area contributed by atoms with Gasteiger partial charge in [-0.25, -0.2) is 4.39 Å². The molecule has 2 aliphatic heterocycles. The van der Waals surface area contributed by atoms with E-state index in [4.69, 9.17) is 0 Å². The van der Waals surface area contributed by atoms with Gasteiger partial charge in [-0.2, -0.15) is 0 Å². The lowest BCUT2D eigenvalue weighted by Gasteiger charge is -2.37. The Hall–Kier alpha value is -3.01. The van der Waals surface area contributed by atoms with Crippen molar-refractivity contribution in [3.05, 3.63) is 119 Å². The van der Waals surface area contributed by atoms with Crippen LogP contribution >= 0.6 is 0 Å². The highest BCUT2D eigenvalue weighted by Crippen LogP contribution is 2.33. The number of benzene rings is 3. The second-order valence-electron chi connectivity index (χ2n) is 10.4. The molecule has 0 aromatic heterocycles. The summed E-state index contributed by atoms with van der Waals surface area (Å²) in [6, 6.07) is 29.4. The molecule has 3 heteroatoms. The zero-order chi connectivity index (χ0) is 25.5. The molecule has 2 aliphatic rings. The number of piperidine rings is 1. The molecule has 0 spiro atoms. The van der Waals surface area contributed by atoms with Crippen LogP contribution < -0.4 is 0 Å². The maximum Gasteiger partial charge on any atom is 0.123 e. The topological polar surface area (TPSA) is 6.48 Å². The predicted octanol–water partition coefficient (Wildman–Crippen LogP) is 7.68. The summed E-state index contributed by atoms with van der Waals surface area (Å²) in [6.45, 7) is 7.80. The number of nitrogens with zero attached hydrogens (tertiary/aromatic N) is 2. The van der Waals surface area contributed by atoms with Crippen LogP contribution in [0, 0.1) is 5.82 Å². The fraction of sp³-hybridized carbons (Fsp3) is 0.353. The van der Waals surface area contributed by atoms with Crippen molar-refractivity contribution < 1.29 is 4.39 Å². The smallest absolute Gasteiger partial charge is 0.123 e. The standard InChI is InChI=1S/C34H39FN2/c1-2-21-37-25-19-31(27-13-15-32(35)16-14-27)26-33(37)20-24-36-22-17-30(18-23-36)34(28-9-5-3-6-10-28)29-11-7-4-8-12-29/h3-16,19,33H,2,17-18,20-26H2,1H3. The first-order valence-corrected chi connectivity index (χ1v) is 14.0. The summed E-state index contributed by atoms with van der Waals surface area (Å²) in [7, 11) is 0. The van der Waals surface area contributed by atoms with Crippen molar-refractivity contribution in [1.82, 2.24) is 9.80 Å². The zero-order valence-electron chi connectivity index (χ0n) is 22.1. The molecule has 0 aliphatic carbocycles. The van der Waals surface area contributed by atoms with Gasteiger partial charge in [0.15, 0.2) is 0 Å². The number of rotatable bonds is 8. The van der Waals surface area contributed by atoms with Crippen LogP contribution in [-0.2, 0) is 0 Å². The van der Waals surface area contributed by atoms with E-state index in [2.05, 4.69) is 83.5 Å². The van der Waals surface area contributed by atoms with Gasteiger partial charge < -0.3 is 4.90 Å². The Kier molecular flexibility index (Phi) is 8.65. The van der Waals surface area contributed by atoms with Gasteiger partial charge in [0.05, 0.1) is 0 Å². The molecular weight excluding hydrogens is 455 g/mol. The Bertz CT molecular complexity index is 1150. The Morgan fingerprint density at radius 3 is 2.03 bits per heavy atom. The molecule has 1 unspecified atom stereocenters. The first kappa shape index (κ1) is 25.6. The van der Waals surface area contributed by atoms with Crippen LogP contribution in [0.1, 0.15) is 55.7 Å². The van der Waals surface area contributed by atoms with E-state index < -0.39 is 0 Å². The number of halogens is 1. The summed E-state index contributed by atoms with van der Waals surface area (Å²) in [5, 5.41) is 0. The predicted molar refractivity (Wildman–Crippen MR) is 154 cm³/mol. The van der Waals surface area contributed by atoms with Crippen molar-refractivity contribution in [3.63, 3.8) is 0 Å². The molecule has 2 nitrogen and oxygen atoms in total. The third kappa shape index (κ3) is 6.47. The molecule has 3 aromatic carbocycles. The van der Waals surface area contributed by atoms with Crippen molar-refractivity contribution >= 4 is 11.1 Å². The van der Waals surface area contributed by atoms with Crippen molar-refractivity contribution in [2.75, 3.05) is 32.7 Å². The normalized spacial score (nSPS) is 19.0. The third-order valence-corrected chi connectivity index (χ3v) is 7.99. The number of hydrogen-bond acceptors (Lipinski definition) is 2. The molecule has 0 amide bonds. The lowest BCUT2D eigenvalue weighted by atomic mass is 9.88. The molecular formula is C34H39FN2. The van der Waals surface area contributed by atoms with Gasteiger partial charge in [0.25, 0.3) is 0 Å². The van der Waals surface area contributed by atoms with Gasteiger partial charge in [-0.3, -0.25) is 4.90 Å². The molecule has 1 fully saturated rings. The Balaban J connectivity index is 1.24. The summed E-state index contributed by atoms with van der Waals surface area (Å²) < 4.78 is 13.5. The molecule has 0 radical (unpaired) electrons. The van der Waals surface area contributed by atoms with Gasteiger partial charge in [0, 0.05) is 25.7 Å². The van der Waals surface area contributed by atoms with Gasteiger partial charge in [0.1, 0.15) is 5.82 Å². The van der Waals surface area contributed by atoms with E-state index >= 15 is 0 Å². The quantitative estimate of drug-likeness (QED) is 0.317. The Morgan fingerprint density at radius 1 is 0.811 bits per heavy atom. The second kappa shape index (κ2) is 12.5. The first-order valence-electron chi connectivity index (χ1n) is 14.0. The van der Waals surface area contributed by atoms with Crippen LogP contribution in [0.25, 0.3) is 11.1 Å². The molecule has 0 saturated carbocycles. The fourth-order valence-electron chi connectivity index (χ4n) is 6.00. The van der Waals surface area contributed by atoms with Crippen molar-refractivity contribution in [3.8, 4) is 0 Å². The van der Waals surface area contributed by atoms with Gasteiger partial charge in [-0.05, 0) is 85.2 Å². The van der Waals surface area contributed by atoms with Gasteiger partial charge in [-0.15, -0.1) is 0 Å². The average molecular weight is 495 g/mol. The fourth-order valence-corrected chi connectivity index (χ4v) is 6.00. The van der Waals surface area contributed by atoms with E-state index in [1.165, 1.54) is 40.7 Å². The highest BCUT2D eigenvalue weighted by molar-refractivity contribution is 5.82. The van der Waals surface area contributed by atoms with Crippen LogP contribution in [-0.4, -0.2) is 48.6 Å². The van der Waals surface area contributed by atoms with Crippen molar-refractivity contribution in [1.29, 1.82) is 0 Å². The SMILES string of the molecule is CCCN1CC=C(c2ccc(F)cc2)CC1CCN1CCC(=C(c2ccccc2)c2ccccc2)CC1. The van der Waals surface area contributed by atoms with E-state index in [0.717, 1.165) is 52.0 Å². The van der Waals surface area contributed by atoms with Gasteiger partial charge in [0.2, 0.25) is 0 Å². The summed E-state index contributed by atoms with van der Waals surface area (Å²) in [4.78, 5) is 5.31. The summed E-state index contributed by atoms with van der Waals surface area (Å²) in [5.41, 5.74) is 8.21. The maximum atomic E-state index is 13.5. The minimum Gasteiger partial charge on any atom is -0.303 e. The van der Waals surface area contributed by atoms with Crippen LogP contribution in [0.15, 0.2) is 96.6 Å².